The number of carbonyl (C=O) groups excluding carboxylic acids is 1. The summed E-state index contributed by atoms with van der Waals surface area (Å²) < 4.78 is 44.1. The zero-order valence-electron chi connectivity index (χ0n) is 10.8. The van der Waals surface area contributed by atoms with Crippen LogP contribution in [0.2, 0.25) is 0 Å². The number of aromatic nitrogens is 3. The summed E-state index contributed by atoms with van der Waals surface area (Å²) in [6, 6.07) is 0.929. The molecule has 0 unspecified atom stereocenters. The third-order valence-corrected chi connectivity index (χ3v) is 2.62. The van der Waals surface area contributed by atoms with Gasteiger partial charge in [0.25, 0.3) is 0 Å². The number of hydrogen-bond acceptors (Lipinski definition) is 4. The van der Waals surface area contributed by atoms with E-state index in [0.29, 0.717) is 0 Å². The van der Waals surface area contributed by atoms with E-state index in [-0.39, 0.29) is 23.8 Å². The van der Waals surface area contributed by atoms with E-state index in [1.807, 2.05) is 0 Å². The van der Waals surface area contributed by atoms with E-state index >= 15 is 0 Å². The molecule has 0 N–H and O–H groups in total. The maximum absolute atomic E-state index is 12.6. The molecule has 0 aliphatic carbocycles. The normalized spacial score (nSPS) is 12.1. The first kappa shape index (κ1) is 14.3. The Kier molecular flexibility index (Phi) is 3.65. The summed E-state index contributed by atoms with van der Waals surface area (Å²) >= 11 is 0. The van der Waals surface area contributed by atoms with E-state index in [2.05, 4.69) is 9.97 Å². The van der Waals surface area contributed by atoms with Crippen molar-refractivity contribution < 1.29 is 22.7 Å². The number of imidazole rings is 1. The molecule has 20 heavy (non-hydrogen) atoms. The Morgan fingerprint density at radius 3 is 2.70 bits per heavy atom. The summed E-state index contributed by atoms with van der Waals surface area (Å²) in [7, 11) is 0. The van der Waals surface area contributed by atoms with E-state index in [1.165, 1.54) is 10.9 Å². The van der Waals surface area contributed by atoms with E-state index in [1.54, 1.807) is 13.8 Å². The van der Waals surface area contributed by atoms with Crippen molar-refractivity contribution in [2.24, 2.45) is 5.92 Å². The average Bonchev–Trinajstić information content (AvgIpc) is 2.77. The second-order valence-corrected chi connectivity index (χ2v) is 4.53. The predicted molar refractivity (Wildman–Crippen MR) is 63.5 cm³/mol. The number of esters is 1. The summed E-state index contributed by atoms with van der Waals surface area (Å²) in [4.78, 5) is 18.8. The molecule has 2 aromatic rings. The first-order valence-electron chi connectivity index (χ1n) is 5.83. The minimum Gasteiger partial charge on any atom is -0.444 e. The number of rotatable bonds is 3. The summed E-state index contributed by atoms with van der Waals surface area (Å²) in [5.41, 5.74) is -0.545. The quantitative estimate of drug-likeness (QED) is 0.814. The average molecular weight is 287 g/mol. The predicted octanol–water partition coefficient (Wildman–Crippen LogP) is 2.61. The molecule has 8 heteroatoms. The topological polar surface area (TPSA) is 57.0 Å². The van der Waals surface area contributed by atoms with Gasteiger partial charge in [-0.25, -0.2) is 9.97 Å². The van der Waals surface area contributed by atoms with Crippen LogP contribution in [0.15, 0.2) is 18.6 Å². The van der Waals surface area contributed by atoms with Crippen molar-refractivity contribution >= 4 is 17.1 Å². The van der Waals surface area contributed by atoms with Gasteiger partial charge in [-0.3, -0.25) is 9.36 Å². The molecule has 0 fully saturated rings. The number of hydrogen-bond donors (Lipinski definition) is 0. The molecule has 0 bridgehead atoms. The van der Waals surface area contributed by atoms with Crippen LogP contribution in [-0.2, 0) is 22.4 Å². The Hall–Kier alpha value is -2.12. The zero-order chi connectivity index (χ0) is 14.9. The number of fused-ring (bicyclic) bond motifs is 1. The Morgan fingerprint density at radius 1 is 1.40 bits per heavy atom. The SMILES string of the molecule is CC(C)C(=O)OCn1cnc2ncc(C(F)(F)F)cc21. The number of alkyl halides is 3. The second kappa shape index (κ2) is 5.10. The highest BCUT2D eigenvalue weighted by molar-refractivity contribution is 5.73. The van der Waals surface area contributed by atoms with Crippen molar-refractivity contribution in [2.45, 2.75) is 26.8 Å². The monoisotopic (exact) mass is 287 g/mol. The van der Waals surface area contributed by atoms with Crippen molar-refractivity contribution in [3.8, 4) is 0 Å². The summed E-state index contributed by atoms with van der Waals surface area (Å²) in [5.74, 6) is -0.750. The van der Waals surface area contributed by atoms with E-state index in [0.717, 1.165) is 12.3 Å². The van der Waals surface area contributed by atoms with E-state index < -0.39 is 17.7 Å². The number of halogens is 3. The van der Waals surface area contributed by atoms with Crippen LogP contribution in [-0.4, -0.2) is 20.5 Å². The fourth-order valence-electron chi connectivity index (χ4n) is 1.50. The number of pyridine rings is 1. The van der Waals surface area contributed by atoms with Gasteiger partial charge < -0.3 is 4.74 Å². The van der Waals surface area contributed by atoms with Crippen molar-refractivity contribution in [3.05, 3.63) is 24.2 Å². The van der Waals surface area contributed by atoms with Crippen LogP contribution in [0, 0.1) is 5.92 Å². The molecular formula is C12H12F3N3O2. The summed E-state index contributed by atoms with van der Waals surface area (Å²) in [5, 5.41) is 0. The van der Waals surface area contributed by atoms with Crippen molar-refractivity contribution in [1.82, 2.24) is 14.5 Å². The number of nitrogens with zero attached hydrogens (tertiary/aromatic N) is 3. The van der Waals surface area contributed by atoms with Gasteiger partial charge in [0, 0.05) is 6.20 Å². The lowest BCUT2D eigenvalue weighted by atomic mass is 10.2. The van der Waals surface area contributed by atoms with Gasteiger partial charge in [-0.05, 0) is 6.07 Å². The van der Waals surface area contributed by atoms with Gasteiger partial charge in [0.05, 0.1) is 17.0 Å². The Balaban J connectivity index is 2.28. The molecular weight excluding hydrogens is 275 g/mol. The van der Waals surface area contributed by atoms with E-state index in [4.69, 9.17) is 4.74 Å². The largest absolute Gasteiger partial charge is 0.444 e. The first-order chi connectivity index (χ1) is 9.29. The van der Waals surface area contributed by atoms with Crippen LogP contribution in [0.4, 0.5) is 13.2 Å². The van der Waals surface area contributed by atoms with Crippen LogP contribution < -0.4 is 0 Å². The minimum atomic E-state index is -4.48. The second-order valence-electron chi connectivity index (χ2n) is 4.53. The molecule has 5 nitrogen and oxygen atoms in total. The maximum Gasteiger partial charge on any atom is 0.417 e. The minimum absolute atomic E-state index is 0.163. The molecule has 0 radical (unpaired) electrons. The van der Waals surface area contributed by atoms with E-state index in [9.17, 15) is 18.0 Å². The summed E-state index contributed by atoms with van der Waals surface area (Å²) in [6.45, 7) is 3.13. The van der Waals surface area contributed by atoms with Crippen LogP contribution in [0.3, 0.4) is 0 Å². The van der Waals surface area contributed by atoms with Crippen LogP contribution in [0.25, 0.3) is 11.2 Å². The highest BCUT2D eigenvalue weighted by Crippen LogP contribution is 2.30. The molecule has 0 atom stereocenters. The van der Waals surface area contributed by atoms with Crippen LogP contribution in [0.5, 0.6) is 0 Å². The number of ether oxygens (including phenoxy) is 1. The third-order valence-electron chi connectivity index (χ3n) is 2.62. The molecule has 0 amide bonds. The van der Waals surface area contributed by atoms with Crippen LogP contribution >= 0.6 is 0 Å². The molecule has 0 aliphatic rings. The number of carbonyl (C=O) groups is 1. The molecule has 2 aromatic heterocycles. The maximum atomic E-state index is 12.6. The summed E-state index contributed by atoms with van der Waals surface area (Å²) in [6.07, 6.45) is -2.48. The van der Waals surface area contributed by atoms with Gasteiger partial charge in [0.15, 0.2) is 12.4 Å². The smallest absolute Gasteiger partial charge is 0.417 e. The zero-order valence-corrected chi connectivity index (χ0v) is 10.8. The standard InChI is InChI=1S/C12H12F3N3O2/c1-7(2)11(19)20-6-18-5-17-10-9(18)3-8(4-16-10)12(13,14)15/h3-5,7H,6H2,1-2H3. The fraction of sp³-hybridized carbons (Fsp3) is 0.417. The van der Waals surface area contributed by atoms with Crippen LogP contribution in [0.1, 0.15) is 19.4 Å². The molecule has 2 heterocycles. The Bertz CT molecular complexity index is 634. The lowest BCUT2D eigenvalue weighted by Gasteiger charge is -2.09. The Labute approximate surface area is 112 Å². The first-order valence-corrected chi connectivity index (χ1v) is 5.83. The Morgan fingerprint density at radius 2 is 2.10 bits per heavy atom. The van der Waals surface area contributed by atoms with Crippen molar-refractivity contribution in [1.29, 1.82) is 0 Å². The molecule has 0 saturated carbocycles. The molecule has 0 saturated heterocycles. The van der Waals surface area contributed by atoms with Gasteiger partial charge >= 0.3 is 12.1 Å². The molecule has 2 rings (SSSR count). The lowest BCUT2D eigenvalue weighted by molar-refractivity contribution is -0.151. The molecule has 0 aliphatic heterocycles. The van der Waals surface area contributed by atoms with Gasteiger partial charge in [-0.15, -0.1) is 0 Å². The van der Waals surface area contributed by atoms with Gasteiger partial charge in [0.2, 0.25) is 0 Å². The van der Waals surface area contributed by atoms with Gasteiger partial charge in [-0.1, -0.05) is 13.8 Å². The van der Waals surface area contributed by atoms with Gasteiger partial charge in [0.1, 0.15) is 6.33 Å². The third kappa shape index (κ3) is 2.89. The fourth-order valence-corrected chi connectivity index (χ4v) is 1.50. The van der Waals surface area contributed by atoms with Crippen molar-refractivity contribution in [3.63, 3.8) is 0 Å². The highest BCUT2D eigenvalue weighted by atomic mass is 19.4. The van der Waals surface area contributed by atoms with Crippen molar-refractivity contribution in [2.75, 3.05) is 0 Å². The highest BCUT2D eigenvalue weighted by Gasteiger charge is 2.31. The molecule has 0 spiro atoms. The van der Waals surface area contributed by atoms with Gasteiger partial charge in [-0.2, -0.15) is 13.2 Å². The molecule has 108 valence electrons. The lowest BCUT2D eigenvalue weighted by Crippen LogP contribution is -2.14. The molecule has 0 aromatic carbocycles.